The molecule has 0 fully saturated rings. The highest BCUT2D eigenvalue weighted by atomic mass is 16.5. The van der Waals surface area contributed by atoms with E-state index in [9.17, 15) is 9.59 Å². The molecule has 4 aromatic rings. The van der Waals surface area contributed by atoms with Crippen LogP contribution in [-0.2, 0) is 0 Å². The number of methoxy groups -OCH3 is 1. The normalized spacial score (nSPS) is 11.3. The number of nitrogens with zero attached hydrogens (tertiary/aromatic N) is 1. The molecule has 4 N–H and O–H groups in total. The summed E-state index contributed by atoms with van der Waals surface area (Å²) in [4.78, 5) is 32.0. The standard InChI is InChI=1S/C24H20N4O3/c1-31-21-14-17(26-24(25)28-22(29)15-7-3-2-4-8-15)11-12-18(21)19-13-16-9-5-6-10-20(16)27-23(19)30/h2-14H,1H3,(H,27,30)(H3,25,26,28,29). The van der Waals surface area contributed by atoms with Crippen molar-refractivity contribution in [1.82, 2.24) is 10.3 Å². The second kappa shape index (κ2) is 8.54. The van der Waals surface area contributed by atoms with Gasteiger partial charge in [0, 0.05) is 22.7 Å². The molecule has 0 spiro atoms. The Morgan fingerprint density at radius 3 is 2.48 bits per heavy atom. The van der Waals surface area contributed by atoms with Crippen molar-refractivity contribution in [3.8, 4) is 16.9 Å². The fraction of sp³-hybridized carbons (Fsp3) is 0.0417. The molecule has 0 radical (unpaired) electrons. The predicted molar refractivity (Wildman–Crippen MR) is 122 cm³/mol. The van der Waals surface area contributed by atoms with Gasteiger partial charge in [0.05, 0.1) is 18.4 Å². The minimum absolute atomic E-state index is 0.0489. The number of nitrogens with two attached hydrogens (primary N) is 1. The summed E-state index contributed by atoms with van der Waals surface area (Å²) in [7, 11) is 1.52. The van der Waals surface area contributed by atoms with E-state index in [2.05, 4.69) is 15.3 Å². The summed E-state index contributed by atoms with van der Waals surface area (Å²) >= 11 is 0. The van der Waals surface area contributed by atoms with Crippen LogP contribution in [0.15, 0.2) is 88.6 Å². The molecule has 0 aliphatic rings. The second-order valence-corrected chi connectivity index (χ2v) is 6.80. The summed E-state index contributed by atoms with van der Waals surface area (Å²) in [5.74, 6) is 0.0598. The molecule has 0 atom stereocenters. The van der Waals surface area contributed by atoms with Crippen molar-refractivity contribution >= 4 is 28.5 Å². The van der Waals surface area contributed by atoms with Gasteiger partial charge >= 0.3 is 0 Å². The molecule has 7 nitrogen and oxygen atoms in total. The lowest BCUT2D eigenvalue weighted by atomic mass is 10.0. The molecule has 0 aliphatic heterocycles. The predicted octanol–water partition coefficient (Wildman–Crippen LogP) is 3.58. The zero-order chi connectivity index (χ0) is 21.8. The van der Waals surface area contributed by atoms with Gasteiger partial charge in [-0.15, -0.1) is 0 Å². The van der Waals surface area contributed by atoms with Crippen molar-refractivity contribution in [2.24, 2.45) is 10.7 Å². The highest BCUT2D eigenvalue weighted by molar-refractivity contribution is 6.05. The molecule has 0 unspecified atom stereocenters. The van der Waals surface area contributed by atoms with Crippen molar-refractivity contribution in [3.63, 3.8) is 0 Å². The van der Waals surface area contributed by atoms with Gasteiger partial charge in [0.25, 0.3) is 11.5 Å². The molecule has 0 aliphatic carbocycles. The van der Waals surface area contributed by atoms with Gasteiger partial charge in [0.15, 0.2) is 0 Å². The number of amides is 1. The van der Waals surface area contributed by atoms with E-state index in [1.807, 2.05) is 36.4 Å². The number of hydrogen-bond acceptors (Lipinski definition) is 4. The van der Waals surface area contributed by atoms with E-state index in [0.29, 0.717) is 28.1 Å². The molecular formula is C24H20N4O3. The maximum atomic E-state index is 12.6. The first-order valence-corrected chi connectivity index (χ1v) is 9.56. The van der Waals surface area contributed by atoms with Crippen LogP contribution in [0.1, 0.15) is 10.4 Å². The molecule has 1 amide bonds. The first kappa shape index (κ1) is 19.9. The van der Waals surface area contributed by atoms with E-state index >= 15 is 0 Å². The third-order valence-electron chi connectivity index (χ3n) is 4.76. The Morgan fingerprint density at radius 1 is 0.968 bits per heavy atom. The quantitative estimate of drug-likeness (QED) is 0.351. The van der Waals surface area contributed by atoms with Gasteiger partial charge in [-0.3, -0.25) is 14.9 Å². The Bertz CT molecular complexity index is 1340. The summed E-state index contributed by atoms with van der Waals surface area (Å²) in [6.45, 7) is 0. The highest BCUT2D eigenvalue weighted by Crippen LogP contribution is 2.32. The molecule has 31 heavy (non-hydrogen) atoms. The third kappa shape index (κ3) is 4.30. The molecule has 154 valence electrons. The van der Waals surface area contributed by atoms with E-state index < -0.39 is 0 Å². The molecule has 1 aromatic heterocycles. The monoisotopic (exact) mass is 412 g/mol. The van der Waals surface area contributed by atoms with Crippen LogP contribution < -0.4 is 21.3 Å². The molecule has 7 heteroatoms. The second-order valence-electron chi connectivity index (χ2n) is 6.80. The SMILES string of the molecule is COc1cc(N=C(N)NC(=O)c2ccccc2)ccc1-c1cc2ccccc2[nH]c1=O. The lowest BCUT2D eigenvalue weighted by Crippen LogP contribution is -2.36. The number of hydrogen-bond donors (Lipinski definition) is 3. The fourth-order valence-electron chi connectivity index (χ4n) is 3.26. The summed E-state index contributed by atoms with van der Waals surface area (Å²) < 4.78 is 5.49. The van der Waals surface area contributed by atoms with Crippen molar-refractivity contribution in [2.75, 3.05) is 7.11 Å². The van der Waals surface area contributed by atoms with Crippen LogP contribution in [0.2, 0.25) is 0 Å². The Morgan fingerprint density at radius 2 is 1.71 bits per heavy atom. The molecular weight excluding hydrogens is 392 g/mol. The average Bonchev–Trinajstić information content (AvgIpc) is 2.79. The first-order chi connectivity index (χ1) is 15.0. The highest BCUT2D eigenvalue weighted by Gasteiger charge is 2.12. The van der Waals surface area contributed by atoms with Crippen LogP contribution in [0.3, 0.4) is 0 Å². The lowest BCUT2D eigenvalue weighted by molar-refractivity contribution is 0.0976. The van der Waals surface area contributed by atoms with Gasteiger partial charge < -0.3 is 15.5 Å². The van der Waals surface area contributed by atoms with Crippen LogP contribution >= 0.6 is 0 Å². The third-order valence-corrected chi connectivity index (χ3v) is 4.76. The Labute approximate surface area is 178 Å². The van der Waals surface area contributed by atoms with Gasteiger partial charge in [-0.05, 0) is 41.8 Å². The summed E-state index contributed by atoms with van der Waals surface area (Å²) in [6, 6.07) is 23.2. The minimum atomic E-state index is -0.354. The molecule has 1 heterocycles. The number of ether oxygens (including phenoxy) is 1. The Kier molecular flexibility index (Phi) is 5.49. The van der Waals surface area contributed by atoms with Crippen LogP contribution in [0.5, 0.6) is 5.75 Å². The van der Waals surface area contributed by atoms with E-state index in [-0.39, 0.29) is 17.4 Å². The van der Waals surface area contributed by atoms with Crippen LogP contribution in [0.25, 0.3) is 22.0 Å². The zero-order valence-electron chi connectivity index (χ0n) is 16.8. The van der Waals surface area contributed by atoms with Gasteiger partial charge in [0.1, 0.15) is 5.75 Å². The largest absolute Gasteiger partial charge is 0.496 e. The van der Waals surface area contributed by atoms with Crippen molar-refractivity contribution in [3.05, 3.63) is 94.8 Å². The number of aromatic nitrogens is 1. The molecule has 0 saturated carbocycles. The average molecular weight is 412 g/mol. The van der Waals surface area contributed by atoms with Crippen molar-refractivity contribution < 1.29 is 9.53 Å². The number of carbonyl (C=O) groups is 1. The Balaban J connectivity index is 1.64. The number of aromatic amines is 1. The molecule has 3 aromatic carbocycles. The van der Waals surface area contributed by atoms with E-state index in [1.54, 1.807) is 42.5 Å². The number of benzene rings is 3. The molecule has 0 bridgehead atoms. The number of carbonyl (C=O) groups excluding carboxylic acids is 1. The van der Waals surface area contributed by atoms with Gasteiger partial charge in [-0.25, -0.2) is 4.99 Å². The van der Waals surface area contributed by atoms with Crippen molar-refractivity contribution in [1.29, 1.82) is 0 Å². The first-order valence-electron chi connectivity index (χ1n) is 9.56. The van der Waals surface area contributed by atoms with E-state index in [4.69, 9.17) is 10.5 Å². The lowest BCUT2D eigenvalue weighted by Gasteiger charge is -2.10. The Hall–Kier alpha value is -4.39. The molecule has 4 rings (SSSR count). The smallest absolute Gasteiger partial charge is 0.257 e. The summed E-state index contributed by atoms with van der Waals surface area (Å²) in [5, 5.41) is 3.46. The van der Waals surface area contributed by atoms with Crippen LogP contribution in [0, 0.1) is 0 Å². The number of aliphatic imine (C=N–C) groups is 1. The van der Waals surface area contributed by atoms with Gasteiger partial charge in [0.2, 0.25) is 5.96 Å². The van der Waals surface area contributed by atoms with E-state index in [0.717, 1.165) is 10.9 Å². The van der Waals surface area contributed by atoms with E-state index in [1.165, 1.54) is 7.11 Å². The zero-order valence-corrected chi connectivity index (χ0v) is 16.8. The number of rotatable bonds is 4. The number of guanidine groups is 1. The fourth-order valence-corrected chi connectivity index (χ4v) is 3.26. The molecule has 0 saturated heterocycles. The number of nitrogens with one attached hydrogen (secondary N) is 2. The summed E-state index contributed by atoms with van der Waals surface area (Å²) in [6.07, 6.45) is 0. The van der Waals surface area contributed by atoms with Crippen LogP contribution in [-0.4, -0.2) is 24.0 Å². The number of pyridine rings is 1. The maximum Gasteiger partial charge on any atom is 0.257 e. The number of para-hydroxylation sites is 1. The summed E-state index contributed by atoms with van der Waals surface area (Å²) in [5.41, 5.74) is 8.50. The topological polar surface area (TPSA) is 110 Å². The minimum Gasteiger partial charge on any atom is -0.496 e. The number of fused-ring (bicyclic) bond motifs is 1. The van der Waals surface area contributed by atoms with Gasteiger partial charge in [-0.1, -0.05) is 36.4 Å². The number of H-pyrrole nitrogens is 1. The van der Waals surface area contributed by atoms with Crippen molar-refractivity contribution in [2.45, 2.75) is 0 Å². The maximum absolute atomic E-state index is 12.6. The van der Waals surface area contributed by atoms with Crippen LogP contribution in [0.4, 0.5) is 5.69 Å². The van der Waals surface area contributed by atoms with Gasteiger partial charge in [-0.2, -0.15) is 0 Å².